The second-order valence-corrected chi connectivity index (χ2v) is 9.54. The van der Waals surface area contributed by atoms with E-state index in [0.717, 1.165) is 12.2 Å². The van der Waals surface area contributed by atoms with Crippen LogP contribution in [0.1, 0.15) is 43.8 Å². The number of halogens is 3. The number of H-pyrrole nitrogens is 1. The predicted octanol–water partition coefficient (Wildman–Crippen LogP) is 1.88. The first-order chi connectivity index (χ1) is 14.2. The number of rotatable bonds is 4. The highest BCUT2D eigenvalue weighted by atomic mass is 19.4. The Bertz CT molecular complexity index is 824. The van der Waals surface area contributed by atoms with Crippen molar-refractivity contribution >= 4 is 11.9 Å². The molecular formula is C19H25F3N6O2. The van der Waals surface area contributed by atoms with Crippen LogP contribution >= 0.6 is 0 Å². The molecule has 0 unspecified atom stereocenters. The minimum atomic E-state index is -4.25. The number of alkyl halides is 3. The standard InChI is InChI=1S/C19H25F3N6O2/c20-19(21,22)18(2-3-18)8-23-15(29)13-5-17(6-13)9-28(10-17)16(30)27-4-1-12(7-27)14-24-11-25-26-14/h11-13H,1-10H2,(H,23,29)(H,24,25,26)/t12-/m0/s1. The number of likely N-dealkylation sites (tertiary alicyclic amines) is 2. The highest BCUT2D eigenvalue weighted by Crippen LogP contribution is 2.57. The van der Waals surface area contributed by atoms with E-state index >= 15 is 0 Å². The first-order valence-corrected chi connectivity index (χ1v) is 10.4. The highest BCUT2D eigenvalue weighted by Gasteiger charge is 2.63. The molecule has 2 N–H and O–H groups in total. The van der Waals surface area contributed by atoms with Crippen LogP contribution in [-0.2, 0) is 4.79 Å². The molecule has 4 fully saturated rings. The topological polar surface area (TPSA) is 94.2 Å². The number of amides is 3. The largest absolute Gasteiger partial charge is 0.396 e. The van der Waals surface area contributed by atoms with Crippen LogP contribution < -0.4 is 5.32 Å². The Morgan fingerprint density at radius 3 is 2.57 bits per heavy atom. The van der Waals surface area contributed by atoms with Crippen LogP contribution in [-0.4, -0.2) is 75.8 Å². The lowest BCUT2D eigenvalue weighted by Gasteiger charge is -2.58. The van der Waals surface area contributed by atoms with E-state index in [9.17, 15) is 22.8 Å². The summed E-state index contributed by atoms with van der Waals surface area (Å²) in [6.07, 6.45) is -0.466. The number of hydrogen-bond acceptors (Lipinski definition) is 4. The van der Waals surface area contributed by atoms with E-state index in [1.54, 1.807) is 4.90 Å². The Morgan fingerprint density at radius 1 is 1.23 bits per heavy atom. The number of hydrogen-bond donors (Lipinski definition) is 2. The summed E-state index contributed by atoms with van der Waals surface area (Å²) in [5, 5.41) is 9.24. The van der Waals surface area contributed by atoms with Gasteiger partial charge in [-0.2, -0.15) is 18.3 Å². The minimum absolute atomic E-state index is 0.0106. The second kappa shape index (κ2) is 6.58. The molecule has 1 aromatic heterocycles. The van der Waals surface area contributed by atoms with Crippen molar-refractivity contribution in [2.75, 3.05) is 32.7 Å². The smallest absolute Gasteiger partial charge is 0.355 e. The second-order valence-electron chi connectivity index (χ2n) is 9.54. The van der Waals surface area contributed by atoms with E-state index in [2.05, 4.69) is 20.5 Å². The van der Waals surface area contributed by atoms with Gasteiger partial charge in [-0.05, 0) is 32.1 Å². The quantitative estimate of drug-likeness (QED) is 0.769. The molecule has 1 spiro atoms. The van der Waals surface area contributed by atoms with Crippen molar-refractivity contribution in [2.45, 2.75) is 44.2 Å². The van der Waals surface area contributed by atoms with Gasteiger partial charge >= 0.3 is 12.2 Å². The highest BCUT2D eigenvalue weighted by molar-refractivity contribution is 5.81. The number of nitrogens with zero attached hydrogens (tertiary/aromatic N) is 4. The van der Waals surface area contributed by atoms with Gasteiger partial charge in [0.1, 0.15) is 12.2 Å². The lowest BCUT2D eigenvalue weighted by atomic mass is 9.57. The molecule has 3 amide bonds. The Labute approximate surface area is 171 Å². The number of nitrogens with one attached hydrogen (secondary N) is 2. The maximum Gasteiger partial charge on any atom is 0.396 e. The van der Waals surface area contributed by atoms with Crippen LogP contribution in [0.15, 0.2) is 6.33 Å². The Hall–Kier alpha value is -2.33. The third-order valence-electron chi connectivity index (χ3n) is 7.39. The third kappa shape index (κ3) is 3.22. The molecule has 0 radical (unpaired) electrons. The van der Waals surface area contributed by atoms with Gasteiger partial charge < -0.3 is 15.1 Å². The molecule has 2 aliphatic heterocycles. The third-order valence-corrected chi connectivity index (χ3v) is 7.39. The Morgan fingerprint density at radius 2 is 1.97 bits per heavy atom. The van der Waals surface area contributed by atoms with Crippen LogP contribution in [0.2, 0.25) is 0 Å². The summed E-state index contributed by atoms with van der Waals surface area (Å²) >= 11 is 0. The average molecular weight is 426 g/mol. The van der Waals surface area contributed by atoms with Crippen molar-refractivity contribution in [1.29, 1.82) is 0 Å². The maximum atomic E-state index is 13.0. The van der Waals surface area contributed by atoms with E-state index in [-0.39, 0.29) is 48.6 Å². The van der Waals surface area contributed by atoms with Gasteiger partial charge in [0.05, 0.1) is 5.41 Å². The van der Waals surface area contributed by atoms with E-state index < -0.39 is 11.6 Å². The van der Waals surface area contributed by atoms with Gasteiger partial charge in [0.2, 0.25) is 5.91 Å². The van der Waals surface area contributed by atoms with Crippen LogP contribution in [0.25, 0.3) is 0 Å². The lowest BCUT2D eigenvalue weighted by molar-refractivity contribution is -0.186. The predicted molar refractivity (Wildman–Crippen MR) is 98.2 cm³/mol. The Kier molecular flexibility index (Phi) is 4.31. The monoisotopic (exact) mass is 426 g/mol. The molecule has 2 aliphatic carbocycles. The van der Waals surface area contributed by atoms with E-state index in [0.29, 0.717) is 39.0 Å². The van der Waals surface area contributed by atoms with Crippen molar-refractivity contribution in [3.8, 4) is 0 Å². The fourth-order valence-corrected chi connectivity index (χ4v) is 5.21. The molecule has 11 heteroatoms. The molecule has 30 heavy (non-hydrogen) atoms. The molecular weight excluding hydrogens is 401 g/mol. The number of carbonyl (C=O) groups excluding carboxylic acids is 2. The molecule has 164 valence electrons. The van der Waals surface area contributed by atoms with Gasteiger partial charge in [0.25, 0.3) is 0 Å². The molecule has 1 atom stereocenters. The van der Waals surface area contributed by atoms with Gasteiger partial charge in [0, 0.05) is 50.0 Å². The molecule has 5 rings (SSSR count). The van der Waals surface area contributed by atoms with Crippen molar-refractivity contribution in [1.82, 2.24) is 30.3 Å². The van der Waals surface area contributed by atoms with Crippen LogP contribution in [0.3, 0.4) is 0 Å². The summed E-state index contributed by atoms with van der Waals surface area (Å²) < 4.78 is 38.9. The van der Waals surface area contributed by atoms with Crippen molar-refractivity contribution in [3.63, 3.8) is 0 Å². The van der Waals surface area contributed by atoms with Crippen molar-refractivity contribution in [2.24, 2.45) is 16.7 Å². The molecule has 0 bridgehead atoms. The van der Waals surface area contributed by atoms with Crippen LogP contribution in [0.4, 0.5) is 18.0 Å². The summed E-state index contributed by atoms with van der Waals surface area (Å²) in [4.78, 5) is 32.8. The number of urea groups is 1. The SMILES string of the molecule is O=C(NCC1(C(F)(F)F)CC1)C1CC2(C1)CN(C(=O)N1CC[C@H](c3ncn[nH]3)C1)C2. The summed E-state index contributed by atoms with van der Waals surface area (Å²) in [6.45, 7) is 2.21. The molecule has 1 aromatic rings. The molecule has 2 saturated heterocycles. The summed E-state index contributed by atoms with van der Waals surface area (Å²) in [7, 11) is 0. The van der Waals surface area contributed by atoms with Gasteiger partial charge in [-0.25, -0.2) is 9.78 Å². The van der Waals surface area contributed by atoms with Gasteiger partial charge in [-0.3, -0.25) is 9.89 Å². The fourth-order valence-electron chi connectivity index (χ4n) is 5.21. The summed E-state index contributed by atoms with van der Waals surface area (Å²) in [5.41, 5.74) is -1.74. The van der Waals surface area contributed by atoms with Crippen LogP contribution in [0.5, 0.6) is 0 Å². The zero-order valence-corrected chi connectivity index (χ0v) is 16.5. The fraction of sp³-hybridized carbons (Fsp3) is 0.789. The lowest BCUT2D eigenvalue weighted by Crippen LogP contribution is -2.67. The van der Waals surface area contributed by atoms with Crippen molar-refractivity contribution < 1.29 is 22.8 Å². The van der Waals surface area contributed by atoms with E-state index in [1.807, 2.05) is 4.90 Å². The molecule has 8 nitrogen and oxygen atoms in total. The summed E-state index contributed by atoms with van der Waals surface area (Å²) in [5.74, 6) is 0.455. The number of aromatic amines is 1. The maximum absolute atomic E-state index is 13.0. The first-order valence-electron chi connectivity index (χ1n) is 10.4. The van der Waals surface area contributed by atoms with Gasteiger partial charge in [-0.15, -0.1) is 0 Å². The minimum Gasteiger partial charge on any atom is -0.355 e. The first kappa shape index (κ1) is 19.6. The summed E-state index contributed by atoms with van der Waals surface area (Å²) in [6, 6.07) is 0.0106. The molecule has 4 aliphatic rings. The van der Waals surface area contributed by atoms with Gasteiger partial charge in [-0.1, -0.05) is 0 Å². The zero-order valence-electron chi connectivity index (χ0n) is 16.5. The van der Waals surface area contributed by atoms with Gasteiger partial charge in [0.15, 0.2) is 0 Å². The molecule has 3 heterocycles. The van der Waals surface area contributed by atoms with E-state index in [1.165, 1.54) is 6.33 Å². The Balaban J connectivity index is 1.05. The van der Waals surface area contributed by atoms with E-state index in [4.69, 9.17) is 0 Å². The normalized spacial score (nSPS) is 27.0. The zero-order chi connectivity index (χ0) is 21.1. The number of aromatic nitrogens is 3. The average Bonchev–Trinajstić information content (AvgIpc) is 3.04. The van der Waals surface area contributed by atoms with Crippen LogP contribution in [0, 0.1) is 16.7 Å². The molecule has 0 aromatic carbocycles. The molecule has 2 saturated carbocycles. The number of carbonyl (C=O) groups is 2. The van der Waals surface area contributed by atoms with Crippen molar-refractivity contribution in [3.05, 3.63) is 12.2 Å².